The van der Waals surface area contributed by atoms with Gasteiger partial charge in [-0.1, -0.05) is 6.07 Å². The highest BCUT2D eigenvalue weighted by Gasteiger charge is 2.40. The van der Waals surface area contributed by atoms with E-state index in [1.54, 1.807) is 20.8 Å². The van der Waals surface area contributed by atoms with Crippen LogP contribution in [0, 0.1) is 11.6 Å². The Morgan fingerprint density at radius 3 is 2.58 bits per heavy atom. The second kappa shape index (κ2) is 6.54. The Morgan fingerprint density at radius 2 is 2.00 bits per heavy atom. The van der Waals surface area contributed by atoms with Gasteiger partial charge in [0.25, 0.3) is 0 Å². The number of hydrogen-bond donors (Lipinski definition) is 2. The number of benzene rings is 1. The molecule has 3 N–H and O–H groups in total. The summed E-state index contributed by atoms with van der Waals surface area (Å²) < 4.78 is 33.0. The van der Waals surface area contributed by atoms with Crippen molar-refractivity contribution in [2.24, 2.45) is 4.99 Å². The summed E-state index contributed by atoms with van der Waals surface area (Å²) in [5.41, 5.74) is 2.62. The van der Waals surface area contributed by atoms with E-state index in [1.807, 2.05) is 0 Å². The highest BCUT2D eigenvalue weighted by Crippen LogP contribution is 2.36. The number of nitrogens with two attached hydrogens (primary N) is 1. The summed E-state index contributed by atoms with van der Waals surface area (Å²) >= 11 is 0. The van der Waals surface area contributed by atoms with Crippen molar-refractivity contribution in [3.63, 3.8) is 0 Å². The van der Waals surface area contributed by atoms with Crippen molar-refractivity contribution in [2.75, 3.05) is 12.8 Å². The van der Waals surface area contributed by atoms with Crippen LogP contribution in [0.2, 0.25) is 0 Å². The molecule has 1 aromatic carbocycles. The van der Waals surface area contributed by atoms with Crippen LogP contribution in [0.15, 0.2) is 17.1 Å². The molecule has 0 spiro atoms. The Hall–Kier alpha value is -2.71. The fraction of sp³-hybridized carbons (Fsp3) is 0.471. The summed E-state index contributed by atoms with van der Waals surface area (Å²) in [6.07, 6.45) is -0.982. The number of nitrogens with zero attached hydrogens (tertiary/aromatic N) is 2. The molecular weight excluding hydrogens is 346 g/mol. The number of hydrogen-bond acceptors (Lipinski definition) is 5. The standard InChI is InChI=1S/C17H22F2N4O3/c1-16(2,3)26-15(25)21-14-22-17(4,8-11(24)23(14)5)9-6-7-10(18)13(20)12(9)19/h6-7H,8,20H2,1-5H3,(H,21,22,25)/t17-/m0/s1. The van der Waals surface area contributed by atoms with Gasteiger partial charge in [-0.3, -0.25) is 15.0 Å². The van der Waals surface area contributed by atoms with Gasteiger partial charge in [-0.05, 0) is 33.8 Å². The Bertz CT molecular complexity index is 789. The lowest BCUT2D eigenvalue weighted by Gasteiger charge is -2.35. The maximum atomic E-state index is 14.5. The largest absolute Gasteiger partial charge is 0.444 e. The summed E-state index contributed by atoms with van der Waals surface area (Å²) in [5, 5.41) is 2.39. The van der Waals surface area contributed by atoms with Gasteiger partial charge < -0.3 is 10.5 Å². The van der Waals surface area contributed by atoms with Crippen LogP contribution in [-0.2, 0) is 15.1 Å². The quantitative estimate of drug-likeness (QED) is 0.744. The van der Waals surface area contributed by atoms with E-state index in [1.165, 1.54) is 20.0 Å². The lowest BCUT2D eigenvalue weighted by molar-refractivity contribution is -0.128. The van der Waals surface area contributed by atoms with Gasteiger partial charge in [-0.15, -0.1) is 0 Å². The zero-order chi connectivity index (χ0) is 19.9. The fourth-order valence-electron chi connectivity index (χ4n) is 2.53. The molecule has 0 aliphatic carbocycles. The minimum atomic E-state index is -1.36. The zero-order valence-electron chi connectivity index (χ0n) is 15.3. The van der Waals surface area contributed by atoms with Crippen molar-refractivity contribution in [3.8, 4) is 0 Å². The molecule has 7 nitrogen and oxygen atoms in total. The topological polar surface area (TPSA) is 97.0 Å². The first-order valence-electron chi connectivity index (χ1n) is 7.94. The Kier molecular flexibility index (Phi) is 4.94. The molecule has 26 heavy (non-hydrogen) atoms. The first-order valence-corrected chi connectivity index (χ1v) is 7.94. The lowest BCUT2D eigenvalue weighted by Crippen LogP contribution is -2.52. The van der Waals surface area contributed by atoms with Gasteiger partial charge in [0.15, 0.2) is 5.82 Å². The van der Waals surface area contributed by atoms with Crippen molar-refractivity contribution >= 4 is 23.6 Å². The SMILES string of the molecule is CN1C(=O)C[C@@](C)(c2ccc(F)c(N)c2F)N=C1NC(=O)OC(C)(C)C. The highest BCUT2D eigenvalue weighted by atomic mass is 19.1. The van der Waals surface area contributed by atoms with Crippen LogP contribution in [0.1, 0.15) is 39.7 Å². The van der Waals surface area contributed by atoms with Gasteiger partial charge in [0.2, 0.25) is 11.9 Å². The van der Waals surface area contributed by atoms with Crippen molar-refractivity contribution in [2.45, 2.75) is 45.3 Å². The van der Waals surface area contributed by atoms with E-state index in [0.29, 0.717) is 0 Å². The molecule has 2 amide bonds. The third-order valence-electron chi connectivity index (χ3n) is 3.86. The van der Waals surface area contributed by atoms with E-state index < -0.39 is 40.5 Å². The van der Waals surface area contributed by atoms with Crippen molar-refractivity contribution < 1.29 is 23.1 Å². The van der Waals surface area contributed by atoms with Crippen LogP contribution in [-0.4, -0.2) is 35.5 Å². The summed E-state index contributed by atoms with van der Waals surface area (Å²) in [6.45, 7) is 6.56. The third kappa shape index (κ3) is 3.92. The third-order valence-corrected chi connectivity index (χ3v) is 3.86. The van der Waals surface area contributed by atoms with Gasteiger partial charge in [-0.2, -0.15) is 0 Å². The molecule has 0 fully saturated rings. The molecule has 1 aliphatic rings. The molecule has 0 radical (unpaired) electrons. The number of halogens is 2. The fourth-order valence-corrected chi connectivity index (χ4v) is 2.53. The van der Waals surface area contributed by atoms with Crippen LogP contribution in [0.25, 0.3) is 0 Å². The molecule has 1 atom stereocenters. The molecule has 2 rings (SSSR count). The van der Waals surface area contributed by atoms with E-state index >= 15 is 0 Å². The number of amides is 2. The predicted octanol–water partition coefficient (Wildman–Crippen LogP) is 2.51. The molecule has 1 aromatic rings. The summed E-state index contributed by atoms with van der Waals surface area (Å²) in [5.74, 6) is -2.38. The van der Waals surface area contributed by atoms with Crippen molar-refractivity contribution in [3.05, 3.63) is 29.3 Å². The number of guanidine groups is 1. The number of ether oxygens (including phenoxy) is 1. The van der Waals surface area contributed by atoms with Gasteiger partial charge in [0.05, 0.1) is 12.0 Å². The average Bonchev–Trinajstić information content (AvgIpc) is 2.48. The number of alkyl carbamates (subject to hydrolysis) is 1. The first-order chi connectivity index (χ1) is 11.8. The predicted molar refractivity (Wildman–Crippen MR) is 92.3 cm³/mol. The number of anilines is 1. The first kappa shape index (κ1) is 19.6. The minimum Gasteiger partial charge on any atom is -0.444 e. The minimum absolute atomic E-state index is 0.0404. The van der Waals surface area contributed by atoms with E-state index in [-0.39, 0.29) is 17.9 Å². The van der Waals surface area contributed by atoms with Crippen molar-refractivity contribution in [1.82, 2.24) is 10.2 Å². The number of carbonyl (C=O) groups is 2. The van der Waals surface area contributed by atoms with Crippen LogP contribution < -0.4 is 11.1 Å². The zero-order valence-corrected chi connectivity index (χ0v) is 15.3. The molecule has 0 aromatic heterocycles. The van der Waals surface area contributed by atoms with E-state index in [2.05, 4.69) is 10.3 Å². The number of nitrogen functional groups attached to an aromatic ring is 1. The molecule has 1 aliphatic heterocycles. The molecule has 142 valence electrons. The van der Waals surface area contributed by atoms with E-state index in [4.69, 9.17) is 10.5 Å². The monoisotopic (exact) mass is 368 g/mol. The molecule has 0 saturated heterocycles. The number of carbonyl (C=O) groups excluding carboxylic acids is 2. The number of nitrogens with one attached hydrogen (secondary N) is 1. The van der Waals surface area contributed by atoms with Crippen molar-refractivity contribution in [1.29, 1.82) is 0 Å². The number of aliphatic imine (C=N–C) groups is 1. The van der Waals surface area contributed by atoms with Crippen LogP contribution in [0.5, 0.6) is 0 Å². The lowest BCUT2D eigenvalue weighted by atomic mass is 9.87. The molecular formula is C17H22F2N4O3. The van der Waals surface area contributed by atoms with E-state index in [9.17, 15) is 18.4 Å². The molecule has 0 unspecified atom stereocenters. The number of rotatable bonds is 1. The average molecular weight is 368 g/mol. The molecule has 9 heteroatoms. The smallest absolute Gasteiger partial charge is 0.414 e. The molecule has 1 heterocycles. The normalized spacial score (nSPS) is 20.7. The Labute approximate surface area is 150 Å². The summed E-state index contributed by atoms with van der Waals surface area (Å²) in [7, 11) is 1.42. The maximum absolute atomic E-state index is 14.5. The Balaban J connectivity index is 2.43. The second-order valence-electron chi connectivity index (χ2n) is 7.29. The molecule has 0 saturated carbocycles. The van der Waals surface area contributed by atoms with Gasteiger partial charge in [-0.25, -0.2) is 18.6 Å². The van der Waals surface area contributed by atoms with Gasteiger partial charge >= 0.3 is 6.09 Å². The van der Waals surface area contributed by atoms with Gasteiger partial charge in [0, 0.05) is 12.6 Å². The van der Waals surface area contributed by atoms with Gasteiger partial charge in [0.1, 0.15) is 17.1 Å². The highest BCUT2D eigenvalue weighted by molar-refractivity contribution is 6.05. The maximum Gasteiger partial charge on any atom is 0.414 e. The van der Waals surface area contributed by atoms with E-state index in [0.717, 1.165) is 11.0 Å². The van der Waals surface area contributed by atoms with Crippen LogP contribution in [0.3, 0.4) is 0 Å². The summed E-state index contributed by atoms with van der Waals surface area (Å²) in [4.78, 5) is 29.8. The second-order valence-corrected chi connectivity index (χ2v) is 7.29. The summed E-state index contributed by atoms with van der Waals surface area (Å²) in [6, 6.07) is 2.20. The molecule has 0 bridgehead atoms. The van der Waals surface area contributed by atoms with Crippen LogP contribution >= 0.6 is 0 Å². The van der Waals surface area contributed by atoms with Crippen LogP contribution in [0.4, 0.5) is 19.3 Å². The Morgan fingerprint density at radius 1 is 1.38 bits per heavy atom.